The molecule has 3 heteroatoms. The molecule has 1 aliphatic carbocycles. The van der Waals surface area contributed by atoms with E-state index in [9.17, 15) is 9.90 Å². The van der Waals surface area contributed by atoms with Gasteiger partial charge in [-0.2, -0.15) is 0 Å². The van der Waals surface area contributed by atoms with E-state index in [2.05, 4.69) is 0 Å². The highest BCUT2D eigenvalue weighted by Crippen LogP contribution is 2.42. The molecule has 17 heavy (non-hydrogen) atoms. The zero-order valence-electron chi connectivity index (χ0n) is 10.3. The van der Waals surface area contributed by atoms with Crippen LogP contribution < -0.4 is 0 Å². The molecule has 1 saturated carbocycles. The number of hydrogen-bond acceptors (Lipinski definition) is 3. The van der Waals surface area contributed by atoms with Crippen LogP contribution in [0.15, 0.2) is 18.2 Å². The van der Waals surface area contributed by atoms with Gasteiger partial charge in [0.05, 0.1) is 13.0 Å². The molecule has 1 aromatic carbocycles. The Kier molecular flexibility index (Phi) is 3.36. The Hall–Kier alpha value is -1.51. The van der Waals surface area contributed by atoms with Crippen LogP contribution in [-0.2, 0) is 16.0 Å². The summed E-state index contributed by atoms with van der Waals surface area (Å²) in [6, 6.07) is 5.45. The lowest BCUT2D eigenvalue weighted by Gasteiger charge is -2.05. The number of aromatic hydroxyl groups is 1. The number of carbonyl (C=O) groups excluding carboxylic acids is 1. The number of esters is 1. The standard InChI is InChI=1S/C14H18O3/c1-9-7-12(15)6-5-10(9)3-4-11-8-13(11)14(16)17-2/h5-7,11,13,15H,3-4,8H2,1-2H3. The normalized spacial score (nSPS) is 22.2. The van der Waals surface area contributed by atoms with Gasteiger partial charge in [0, 0.05) is 0 Å². The quantitative estimate of drug-likeness (QED) is 0.814. The maximum atomic E-state index is 11.3. The van der Waals surface area contributed by atoms with Crippen molar-refractivity contribution in [2.24, 2.45) is 11.8 Å². The summed E-state index contributed by atoms with van der Waals surface area (Å²) in [6.07, 6.45) is 2.94. The van der Waals surface area contributed by atoms with E-state index in [4.69, 9.17) is 4.74 Å². The molecule has 0 aromatic heterocycles. The van der Waals surface area contributed by atoms with Gasteiger partial charge >= 0.3 is 5.97 Å². The molecule has 3 nitrogen and oxygen atoms in total. The van der Waals surface area contributed by atoms with Gasteiger partial charge in [-0.1, -0.05) is 6.07 Å². The van der Waals surface area contributed by atoms with Gasteiger partial charge in [0.2, 0.25) is 0 Å². The van der Waals surface area contributed by atoms with Gasteiger partial charge in [0.15, 0.2) is 0 Å². The Labute approximate surface area is 101 Å². The van der Waals surface area contributed by atoms with Crippen molar-refractivity contribution >= 4 is 5.97 Å². The number of ether oxygens (including phenoxy) is 1. The number of aryl methyl sites for hydroxylation is 2. The summed E-state index contributed by atoms with van der Waals surface area (Å²) in [7, 11) is 1.45. The molecule has 1 aromatic rings. The molecule has 1 aliphatic rings. The summed E-state index contributed by atoms with van der Waals surface area (Å²) < 4.78 is 4.72. The SMILES string of the molecule is COC(=O)C1CC1CCc1ccc(O)cc1C. The summed E-state index contributed by atoms with van der Waals surface area (Å²) in [5, 5.41) is 9.31. The van der Waals surface area contributed by atoms with Crippen LogP contribution in [0.25, 0.3) is 0 Å². The van der Waals surface area contributed by atoms with Crippen molar-refractivity contribution in [3.8, 4) is 5.75 Å². The van der Waals surface area contributed by atoms with Crippen LogP contribution in [0.2, 0.25) is 0 Å². The van der Waals surface area contributed by atoms with E-state index in [1.807, 2.05) is 13.0 Å². The average molecular weight is 234 g/mol. The van der Waals surface area contributed by atoms with Crippen LogP contribution >= 0.6 is 0 Å². The minimum Gasteiger partial charge on any atom is -0.508 e. The largest absolute Gasteiger partial charge is 0.508 e. The summed E-state index contributed by atoms with van der Waals surface area (Å²) >= 11 is 0. The van der Waals surface area contributed by atoms with Gasteiger partial charge < -0.3 is 9.84 Å². The van der Waals surface area contributed by atoms with Crippen molar-refractivity contribution in [1.29, 1.82) is 0 Å². The van der Waals surface area contributed by atoms with Crippen LogP contribution in [0.5, 0.6) is 5.75 Å². The lowest BCUT2D eigenvalue weighted by atomic mass is 10.0. The molecule has 1 fully saturated rings. The molecule has 0 spiro atoms. The molecular formula is C14H18O3. The zero-order valence-corrected chi connectivity index (χ0v) is 10.3. The van der Waals surface area contributed by atoms with E-state index in [1.165, 1.54) is 12.7 Å². The van der Waals surface area contributed by atoms with Crippen molar-refractivity contribution in [2.75, 3.05) is 7.11 Å². The van der Waals surface area contributed by atoms with E-state index < -0.39 is 0 Å². The Bertz CT molecular complexity index is 425. The number of phenols is 1. The maximum Gasteiger partial charge on any atom is 0.308 e. The molecule has 0 aliphatic heterocycles. The van der Waals surface area contributed by atoms with Gasteiger partial charge in [0.25, 0.3) is 0 Å². The van der Waals surface area contributed by atoms with E-state index in [1.54, 1.807) is 12.1 Å². The highest BCUT2D eigenvalue weighted by molar-refractivity contribution is 5.75. The smallest absolute Gasteiger partial charge is 0.308 e. The molecule has 0 radical (unpaired) electrons. The fourth-order valence-corrected chi connectivity index (χ4v) is 2.31. The molecule has 0 saturated heterocycles. The molecule has 1 N–H and O–H groups in total. The number of carbonyl (C=O) groups is 1. The molecular weight excluding hydrogens is 216 g/mol. The second-order valence-electron chi connectivity index (χ2n) is 4.77. The number of hydrogen-bond donors (Lipinski definition) is 1. The lowest BCUT2D eigenvalue weighted by Crippen LogP contribution is -2.04. The Morgan fingerprint density at radius 1 is 1.53 bits per heavy atom. The van der Waals surface area contributed by atoms with Crippen molar-refractivity contribution in [3.05, 3.63) is 29.3 Å². The summed E-state index contributed by atoms with van der Waals surface area (Å²) in [6.45, 7) is 2.00. The van der Waals surface area contributed by atoms with Crippen molar-refractivity contribution < 1.29 is 14.6 Å². The molecule has 2 rings (SSSR count). The van der Waals surface area contributed by atoms with E-state index in [-0.39, 0.29) is 11.9 Å². The second kappa shape index (κ2) is 4.78. The Morgan fingerprint density at radius 2 is 2.29 bits per heavy atom. The van der Waals surface area contributed by atoms with E-state index >= 15 is 0 Å². The zero-order chi connectivity index (χ0) is 12.4. The number of rotatable bonds is 4. The van der Waals surface area contributed by atoms with Crippen LogP contribution in [0.4, 0.5) is 0 Å². The Balaban J connectivity index is 1.85. The second-order valence-corrected chi connectivity index (χ2v) is 4.77. The minimum atomic E-state index is -0.0718. The summed E-state index contributed by atoms with van der Waals surface area (Å²) in [4.78, 5) is 11.3. The molecule has 0 bridgehead atoms. The first-order chi connectivity index (χ1) is 8.11. The molecule has 92 valence electrons. The Morgan fingerprint density at radius 3 is 2.94 bits per heavy atom. The van der Waals surface area contributed by atoms with Crippen LogP contribution in [0.1, 0.15) is 24.0 Å². The predicted molar refractivity (Wildman–Crippen MR) is 64.8 cm³/mol. The third kappa shape index (κ3) is 2.78. The highest BCUT2D eigenvalue weighted by Gasteiger charge is 2.43. The molecule has 2 atom stereocenters. The van der Waals surface area contributed by atoms with Gasteiger partial charge in [-0.3, -0.25) is 4.79 Å². The van der Waals surface area contributed by atoms with Crippen molar-refractivity contribution in [3.63, 3.8) is 0 Å². The van der Waals surface area contributed by atoms with Crippen molar-refractivity contribution in [1.82, 2.24) is 0 Å². The third-order valence-electron chi connectivity index (χ3n) is 3.54. The van der Waals surface area contributed by atoms with Crippen molar-refractivity contribution in [2.45, 2.75) is 26.2 Å². The van der Waals surface area contributed by atoms with E-state index in [0.29, 0.717) is 11.7 Å². The summed E-state index contributed by atoms with van der Waals surface area (Å²) in [5.41, 5.74) is 2.36. The van der Waals surface area contributed by atoms with Gasteiger partial charge in [0.1, 0.15) is 5.75 Å². The third-order valence-corrected chi connectivity index (χ3v) is 3.54. The van der Waals surface area contributed by atoms with E-state index in [0.717, 1.165) is 24.8 Å². The first kappa shape index (κ1) is 12.0. The lowest BCUT2D eigenvalue weighted by molar-refractivity contribution is -0.142. The topological polar surface area (TPSA) is 46.5 Å². The van der Waals surface area contributed by atoms with Gasteiger partial charge in [-0.25, -0.2) is 0 Å². The first-order valence-corrected chi connectivity index (χ1v) is 5.98. The predicted octanol–water partition coefficient (Wildman–Crippen LogP) is 2.44. The minimum absolute atomic E-state index is 0.0718. The fourth-order valence-electron chi connectivity index (χ4n) is 2.31. The highest BCUT2D eigenvalue weighted by atomic mass is 16.5. The average Bonchev–Trinajstić information content (AvgIpc) is 3.06. The fraction of sp³-hybridized carbons (Fsp3) is 0.500. The number of methoxy groups -OCH3 is 1. The van der Waals surface area contributed by atoms with Crippen LogP contribution in [0, 0.1) is 18.8 Å². The number of benzene rings is 1. The first-order valence-electron chi connectivity index (χ1n) is 5.98. The van der Waals surface area contributed by atoms with Crippen LogP contribution in [-0.4, -0.2) is 18.2 Å². The molecule has 0 amide bonds. The summed E-state index contributed by atoms with van der Waals surface area (Å²) in [5.74, 6) is 0.843. The number of phenolic OH excluding ortho intramolecular Hbond substituents is 1. The van der Waals surface area contributed by atoms with Gasteiger partial charge in [-0.15, -0.1) is 0 Å². The molecule has 2 unspecified atom stereocenters. The van der Waals surface area contributed by atoms with Crippen LogP contribution in [0.3, 0.4) is 0 Å². The molecule has 0 heterocycles. The van der Waals surface area contributed by atoms with Gasteiger partial charge in [-0.05, 0) is 55.4 Å². The maximum absolute atomic E-state index is 11.3. The monoisotopic (exact) mass is 234 g/mol.